The smallest absolute Gasteiger partial charge is 0.0650 e. The van der Waals surface area contributed by atoms with Gasteiger partial charge in [-0.1, -0.05) is 0 Å². The van der Waals surface area contributed by atoms with Crippen molar-refractivity contribution in [3.8, 4) is 0 Å². The number of ether oxygens (including phenoxy) is 1. The number of fused-ring (bicyclic) bond motifs is 2. The summed E-state index contributed by atoms with van der Waals surface area (Å²) in [5, 5.41) is 0. The third-order valence-corrected chi connectivity index (χ3v) is 3.99. The van der Waals surface area contributed by atoms with E-state index in [-0.39, 0.29) is 0 Å². The van der Waals surface area contributed by atoms with Crippen LogP contribution in [-0.2, 0) is 4.74 Å². The lowest BCUT2D eigenvalue weighted by molar-refractivity contribution is -0.00506. The van der Waals surface area contributed by atoms with E-state index in [1.165, 1.54) is 32.1 Å². The monoisotopic (exact) mass is 183 g/mol. The normalized spacial score (nSPS) is 39.7. The Bertz CT molecular complexity index is 179. The van der Waals surface area contributed by atoms with Crippen molar-refractivity contribution in [1.82, 2.24) is 4.90 Å². The van der Waals surface area contributed by atoms with Gasteiger partial charge in [-0.05, 0) is 46.1 Å². The predicted octanol–water partition coefficient (Wildman–Crippen LogP) is 2.04. The van der Waals surface area contributed by atoms with Crippen LogP contribution < -0.4 is 0 Å². The Morgan fingerprint density at radius 3 is 3.00 bits per heavy atom. The molecule has 0 unspecified atom stereocenters. The van der Waals surface area contributed by atoms with E-state index in [1.807, 2.05) is 0 Å². The van der Waals surface area contributed by atoms with Crippen molar-refractivity contribution in [2.24, 2.45) is 0 Å². The van der Waals surface area contributed by atoms with Gasteiger partial charge in [0.2, 0.25) is 0 Å². The minimum Gasteiger partial charge on any atom is -0.380 e. The maximum absolute atomic E-state index is 5.62. The highest BCUT2D eigenvalue weighted by Crippen LogP contribution is 2.42. The molecule has 2 heterocycles. The summed E-state index contributed by atoms with van der Waals surface area (Å²) in [5.41, 5.74) is 0.416. The topological polar surface area (TPSA) is 12.5 Å². The quantitative estimate of drug-likeness (QED) is 0.664. The molecule has 2 aliphatic heterocycles. The third-order valence-electron chi connectivity index (χ3n) is 3.99. The van der Waals surface area contributed by atoms with Crippen LogP contribution in [0.3, 0.4) is 0 Å². The Kier molecular flexibility index (Phi) is 2.61. The molecule has 0 saturated carbocycles. The van der Waals surface area contributed by atoms with Crippen molar-refractivity contribution in [3.05, 3.63) is 0 Å². The second kappa shape index (κ2) is 3.58. The van der Waals surface area contributed by atoms with E-state index in [0.717, 1.165) is 19.3 Å². The van der Waals surface area contributed by atoms with Crippen LogP contribution in [-0.4, -0.2) is 36.7 Å². The summed E-state index contributed by atoms with van der Waals surface area (Å²) in [6, 6.07) is 0.856. The summed E-state index contributed by atoms with van der Waals surface area (Å²) in [7, 11) is 2.29. The van der Waals surface area contributed by atoms with Crippen molar-refractivity contribution in [2.75, 3.05) is 20.3 Å². The van der Waals surface area contributed by atoms with Crippen LogP contribution in [0.25, 0.3) is 0 Å². The number of likely N-dealkylation sites (N-methyl/N-ethyl adjacent to an activating group) is 1. The van der Waals surface area contributed by atoms with Crippen molar-refractivity contribution < 1.29 is 4.74 Å². The number of hydrogen-bond acceptors (Lipinski definition) is 2. The Morgan fingerprint density at radius 1 is 1.38 bits per heavy atom. The number of rotatable bonds is 3. The highest BCUT2D eigenvalue weighted by Gasteiger charge is 2.46. The molecule has 2 nitrogen and oxygen atoms in total. The maximum Gasteiger partial charge on any atom is 0.0650 e. The Hall–Kier alpha value is -0.0800. The average molecular weight is 183 g/mol. The lowest BCUT2D eigenvalue weighted by Gasteiger charge is -2.42. The molecule has 0 N–H and O–H groups in total. The first-order valence-corrected chi connectivity index (χ1v) is 5.59. The van der Waals surface area contributed by atoms with Crippen molar-refractivity contribution in [2.45, 2.75) is 50.6 Å². The molecule has 13 heavy (non-hydrogen) atoms. The number of hydrogen-bond donors (Lipinski definition) is 0. The molecule has 0 amide bonds. The van der Waals surface area contributed by atoms with Gasteiger partial charge in [-0.15, -0.1) is 0 Å². The van der Waals surface area contributed by atoms with Gasteiger partial charge in [0.15, 0.2) is 0 Å². The molecule has 0 aromatic carbocycles. The van der Waals surface area contributed by atoms with Crippen LogP contribution in [0.4, 0.5) is 0 Å². The zero-order valence-corrected chi connectivity index (χ0v) is 8.88. The number of nitrogens with zero attached hydrogens (tertiary/aromatic N) is 1. The molecule has 0 radical (unpaired) electrons. The van der Waals surface area contributed by atoms with Gasteiger partial charge in [-0.3, -0.25) is 4.90 Å². The number of piperidine rings is 1. The first kappa shape index (κ1) is 9.47. The first-order valence-electron chi connectivity index (χ1n) is 5.59. The average Bonchev–Trinajstić information content (AvgIpc) is 2.39. The van der Waals surface area contributed by atoms with Gasteiger partial charge in [0.05, 0.1) is 6.61 Å². The van der Waals surface area contributed by atoms with Gasteiger partial charge in [-0.25, -0.2) is 0 Å². The molecule has 2 rings (SSSR count). The summed E-state index contributed by atoms with van der Waals surface area (Å²) in [6.07, 6.45) is 6.91. The van der Waals surface area contributed by atoms with Gasteiger partial charge in [0, 0.05) is 18.2 Å². The van der Waals surface area contributed by atoms with Crippen LogP contribution in [0.15, 0.2) is 0 Å². The van der Waals surface area contributed by atoms with Crippen LogP contribution in [0.1, 0.15) is 39.0 Å². The maximum atomic E-state index is 5.62. The van der Waals surface area contributed by atoms with E-state index in [9.17, 15) is 0 Å². The summed E-state index contributed by atoms with van der Waals surface area (Å²) in [5.74, 6) is 0. The van der Waals surface area contributed by atoms with E-state index < -0.39 is 0 Å². The molecule has 2 aliphatic rings. The zero-order valence-electron chi connectivity index (χ0n) is 8.88. The van der Waals surface area contributed by atoms with E-state index in [0.29, 0.717) is 5.54 Å². The summed E-state index contributed by atoms with van der Waals surface area (Å²) < 4.78 is 5.62. The lowest BCUT2D eigenvalue weighted by atomic mass is 9.90. The van der Waals surface area contributed by atoms with E-state index in [2.05, 4.69) is 18.9 Å². The summed E-state index contributed by atoms with van der Waals surface area (Å²) in [4.78, 5) is 2.59. The van der Waals surface area contributed by atoms with Gasteiger partial charge in [-0.2, -0.15) is 0 Å². The fraction of sp³-hybridized carbons (Fsp3) is 1.00. The highest BCUT2D eigenvalue weighted by molar-refractivity contribution is 5.02. The minimum atomic E-state index is 0.416. The Morgan fingerprint density at radius 2 is 2.23 bits per heavy atom. The van der Waals surface area contributed by atoms with E-state index in [1.54, 1.807) is 0 Å². The molecule has 2 bridgehead atoms. The fourth-order valence-corrected chi connectivity index (χ4v) is 3.04. The van der Waals surface area contributed by atoms with Gasteiger partial charge >= 0.3 is 0 Å². The molecular formula is C11H21NO. The zero-order chi connectivity index (χ0) is 9.31. The molecule has 2 atom stereocenters. The Labute approximate surface area is 81.3 Å². The lowest BCUT2D eigenvalue weighted by Crippen LogP contribution is -2.50. The molecule has 2 fully saturated rings. The first-order chi connectivity index (χ1) is 6.28. The molecule has 76 valence electrons. The molecule has 0 aliphatic carbocycles. The summed E-state index contributed by atoms with van der Waals surface area (Å²) >= 11 is 0. The van der Waals surface area contributed by atoms with Crippen LogP contribution >= 0.6 is 0 Å². The largest absolute Gasteiger partial charge is 0.380 e. The standard InChI is InChI=1S/C11H21NO/c1-3-13-9-11-7-4-5-10(6-8-11)12(11)2/h10H,3-9H2,1-2H3/t10-,11+/m1/s1. The van der Waals surface area contributed by atoms with Gasteiger partial charge in [0.25, 0.3) is 0 Å². The second-order valence-electron chi connectivity index (χ2n) is 4.56. The molecular weight excluding hydrogens is 162 g/mol. The van der Waals surface area contributed by atoms with Crippen molar-refractivity contribution in [3.63, 3.8) is 0 Å². The molecule has 2 saturated heterocycles. The molecule has 2 heteroatoms. The van der Waals surface area contributed by atoms with Crippen LogP contribution in [0.2, 0.25) is 0 Å². The van der Waals surface area contributed by atoms with Crippen molar-refractivity contribution >= 4 is 0 Å². The van der Waals surface area contributed by atoms with Crippen LogP contribution in [0.5, 0.6) is 0 Å². The SMILES string of the molecule is CCOC[C@]12CCC[C@H](CC1)N2C. The van der Waals surface area contributed by atoms with E-state index >= 15 is 0 Å². The van der Waals surface area contributed by atoms with Crippen LogP contribution in [0, 0.1) is 0 Å². The second-order valence-corrected chi connectivity index (χ2v) is 4.56. The third kappa shape index (κ3) is 1.50. The summed E-state index contributed by atoms with van der Waals surface area (Å²) in [6.45, 7) is 3.91. The molecule has 0 spiro atoms. The van der Waals surface area contributed by atoms with E-state index in [4.69, 9.17) is 4.74 Å². The molecule has 0 aromatic heterocycles. The predicted molar refractivity (Wildman–Crippen MR) is 53.9 cm³/mol. The Balaban J connectivity index is 2.02. The van der Waals surface area contributed by atoms with Gasteiger partial charge in [0.1, 0.15) is 0 Å². The minimum absolute atomic E-state index is 0.416. The highest BCUT2D eigenvalue weighted by atomic mass is 16.5. The molecule has 0 aromatic rings. The van der Waals surface area contributed by atoms with Gasteiger partial charge < -0.3 is 4.74 Å². The fourth-order valence-electron chi connectivity index (χ4n) is 3.04. The van der Waals surface area contributed by atoms with Crippen molar-refractivity contribution in [1.29, 1.82) is 0 Å².